The summed E-state index contributed by atoms with van der Waals surface area (Å²) >= 11 is 9.48. The second-order valence-electron chi connectivity index (χ2n) is 5.09. The highest BCUT2D eigenvalue weighted by Gasteiger charge is 2.13. The average molecular weight is 354 g/mol. The number of nitrogens with one attached hydrogen (secondary N) is 1. The summed E-state index contributed by atoms with van der Waals surface area (Å²) in [5.74, 6) is 6.25. The molecule has 0 aliphatic rings. The molecule has 3 N–H and O–H groups in total. The van der Waals surface area contributed by atoms with Gasteiger partial charge in [-0.3, -0.25) is 5.84 Å². The zero-order valence-electron chi connectivity index (χ0n) is 11.5. The molecule has 2 nitrogen and oxygen atoms in total. The number of hydrogen-bond donors (Lipinski definition) is 2. The van der Waals surface area contributed by atoms with E-state index in [1.165, 1.54) is 5.56 Å². The fourth-order valence-corrected chi connectivity index (χ4v) is 2.66. The molecule has 106 valence electrons. The summed E-state index contributed by atoms with van der Waals surface area (Å²) < 4.78 is 0.871. The predicted molar refractivity (Wildman–Crippen MR) is 88.8 cm³/mol. The van der Waals surface area contributed by atoms with Crippen molar-refractivity contribution in [3.63, 3.8) is 0 Å². The molecule has 0 aromatic heterocycles. The maximum absolute atomic E-state index is 6.03. The Hall–Kier alpha value is -0.870. The van der Waals surface area contributed by atoms with Gasteiger partial charge in [0.2, 0.25) is 0 Å². The van der Waals surface area contributed by atoms with Gasteiger partial charge in [-0.15, -0.1) is 0 Å². The van der Waals surface area contributed by atoms with E-state index in [1.54, 1.807) is 0 Å². The summed E-state index contributed by atoms with van der Waals surface area (Å²) in [4.78, 5) is 0. The first-order valence-corrected chi connectivity index (χ1v) is 7.71. The third kappa shape index (κ3) is 3.41. The van der Waals surface area contributed by atoms with Crippen LogP contribution in [0.25, 0.3) is 0 Å². The van der Waals surface area contributed by atoms with Crippen molar-refractivity contribution in [3.05, 3.63) is 68.7 Å². The van der Waals surface area contributed by atoms with Crippen molar-refractivity contribution in [2.45, 2.75) is 25.8 Å². The zero-order valence-corrected chi connectivity index (χ0v) is 13.9. The van der Waals surface area contributed by atoms with Crippen LogP contribution in [0.1, 0.15) is 42.5 Å². The van der Waals surface area contributed by atoms with Crippen molar-refractivity contribution in [1.29, 1.82) is 0 Å². The molecule has 2 rings (SSSR count). The SMILES string of the molecule is CC(C)c1ccc(C(NN)c2ccc(Cl)c(Br)c2)cc1. The maximum Gasteiger partial charge on any atom is 0.0710 e. The van der Waals surface area contributed by atoms with Crippen LogP contribution in [0, 0.1) is 0 Å². The van der Waals surface area contributed by atoms with Gasteiger partial charge >= 0.3 is 0 Å². The molecule has 0 bridgehead atoms. The fourth-order valence-electron chi connectivity index (χ4n) is 2.15. The van der Waals surface area contributed by atoms with Gasteiger partial charge in [0.15, 0.2) is 0 Å². The number of hydrazine groups is 1. The zero-order chi connectivity index (χ0) is 14.7. The van der Waals surface area contributed by atoms with E-state index in [1.807, 2.05) is 18.2 Å². The number of halogens is 2. The third-order valence-corrected chi connectivity index (χ3v) is 4.59. The van der Waals surface area contributed by atoms with Crippen LogP contribution < -0.4 is 11.3 Å². The molecule has 4 heteroatoms. The number of hydrogen-bond acceptors (Lipinski definition) is 2. The number of benzene rings is 2. The lowest BCUT2D eigenvalue weighted by atomic mass is 9.96. The normalized spacial score (nSPS) is 12.7. The number of nitrogens with two attached hydrogens (primary N) is 1. The van der Waals surface area contributed by atoms with E-state index in [2.05, 4.69) is 59.5 Å². The average Bonchev–Trinajstić information content (AvgIpc) is 2.44. The quantitative estimate of drug-likeness (QED) is 0.613. The summed E-state index contributed by atoms with van der Waals surface area (Å²) in [6.07, 6.45) is 0. The Morgan fingerprint density at radius 2 is 1.55 bits per heavy atom. The van der Waals surface area contributed by atoms with Crippen molar-refractivity contribution in [1.82, 2.24) is 5.43 Å². The van der Waals surface area contributed by atoms with Gasteiger partial charge < -0.3 is 0 Å². The Labute approximate surface area is 133 Å². The van der Waals surface area contributed by atoms with Crippen molar-refractivity contribution in [2.75, 3.05) is 0 Å². The Morgan fingerprint density at radius 1 is 1.00 bits per heavy atom. The minimum atomic E-state index is -0.0511. The van der Waals surface area contributed by atoms with Gasteiger partial charge in [0, 0.05) is 4.47 Å². The predicted octanol–water partition coefficient (Wildman–Crippen LogP) is 4.78. The minimum Gasteiger partial charge on any atom is -0.271 e. The fraction of sp³-hybridized carbons (Fsp3) is 0.250. The van der Waals surface area contributed by atoms with Crippen molar-refractivity contribution in [2.24, 2.45) is 5.84 Å². The molecule has 0 radical (unpaired) electrons. The first kappa shape index (κ1) is 15.5. The van der Waals surface area contributed by atoms with Gasteiger partial charge in [-0.1, -0.05) is 55.8 Å². The largest absolute Gasteiger partial charge is 0.271 e. The molecule has 1 unspecified atom stereocenters. The number of rotatable bonds is 4. The highest BCUT2D eigenvalue weighted by molar-refractivity contribution is 9.10. The first-order chi connectivity index (χ1) is 9.52. The molecule has 0 amide bonds. The molecule has 1 atom stereocenters. The van der Waals surface area contributed by atoms with Crippen LogP contribution in [0.15, 0.2) is 46.9 Å². The van der Waals surface area contributed by atoms with Crippen LogP contribution in [0.5, 0.6) is 0 Å². The molecule has 2 aromatic rings. The van der Waals surface area contributed by atoms with E-state index in [4.69, 9.17) is 17.4 Å². The van der Waals surface area contributed by atoms with Crippen molar-refractivity contribution in [3.8, 4) is 0 Å². The lowest BCUT2D eigenvalue weighted by molar-refractivity contribution is 0.636. The van der Waals surface area contributed by atoms with Crippen molar-refractivity contribution < 1.29 is 0 Å². The van der Waals surface area contributed by atoms with Gasteiger partial charge in [-0.05, 0) is 50.7 Å². The van der Waals surface area contributed by atoms with E-state index < -0.39 is 0 Å². The molecular weight excluding hydrogens is 336 g/mol. The molecule has 0 fully saturated rings. The Bertz CT molecular complexity index is 582. The van der Waals surface area contributed by atoms with E-state index in [9.17, 15) is 0 Å². The molecule has 0 saturated carbocycles. The van der Waals surface area contributed by atoms with Gasteiger partial charge in [0.1, 0.15) is 0 Å². The molecule has 0 aliphatic heterocycles. The molecule has 0 heterocycles. The highest BCUT2D eigenvalue weighted by Crippen LogP contribution is 2.29. The van der Waals surface area contributed by atoms with E-state index in [0.717, 1.165) is 15.6 Å². The lowest BCUT2D eigenvalue weighted by Gasteiger charge is -2.18. The van der Waals surface area contributed by atoms with Gasteiger partial charge in [-0.25, -0.2) is 5.43 Å². The second-order valence-corrected chi connectivity index (χ2v) is 6.36. The smallest absolute Gasteiger partial charge is 0.0710 e. The van der Waals surface area contributed by atoms with Gasteiger partial charge in [0.05, 0.1) is 11.1 Å². The second kappa shape index (κ2) is 6.72. The molecular formula is C16H18BrClN2. The monoisotopic (exact) mass is 352 g/mol. The Kier molecular flexibility index (Phi) is 5.22. The summed E-state index contributed by atoms with van der Waals surface area (Å²) in [5, 5.41) is 0.694. The van der Waals surface area contributed by atoms with E-state index >= 15 is 0 Å². The summed E-state index contributed by atoms with van der Waals surface area (Å²) in [6, 6.07) is 14.3. The van der Waals surface area contributed by atoms with Crippen LogP contribution >= 0.6 is 27.5 Å². The third-order valence-electron chi connectivity index (χ3n) is 3.38. The van der Waals surface area contributed by atoms with Crippen molar-refractivity contribution >= 4 is 27.5 Å². The molecule has 0 aliphatic carbocycles. The van der Waals surface area contributed by atoms with Crippen LogP contribution in [0.3, 0.4) is 0 Å². The van der Waals surface area contributed by atoms with Crippen LogP contribution in [-0.4, -0.2) is 0 Å². The molecule has 0 spiro atoms. The summed E-state index contributed by atoms with van der Waals surface area (Å²) in [7, 11) is 0. The summed E-state index contributed by atoms with van der Waals surface area (Å²) in [6.45, 7) is 4.37. The Balaban J connectivity index is 2.33. The Morgan fingerprint density at radius 3 is 2.05 bits per heavy atom. The van der Waals surface area contributed by atoms with Gasteiger partial charge in [-0.2, -0.15) is 0 Å². The lowest BCUT2D eigenvalue weighted by Crippen LogP contribution is -2.28. The van der Waals surface area contributed by atoms with E-state index in [-0.39, 0.29) is 6.04 Å². The molecule has 2 aromatic carbocycles. The highest BCUT2D eigenvalue weighted by atomic mass is 79.9. The molecule has 20 heavy (non-hydrogen) atoms. The maximum atomic E-state index is 6.03. The van der Waals surface area contributed by atoms with E-state index in [0.29, 0.717) is 10.9 Å². The van der Waals surface area contributed by atoms with Crippen LogP contribution in [0.4, 0.5) is 0 Å². The topological polar surface area (TPSA) is 38.0 Å². The van der Waals surface area contributed by atoms with Crippen LogP contribution in [0.2, 0.25) is 5.02 Å². The minimum absolute atomic E-state index is 0.0511. The summed E-state index contributed by atoms with van der Waals surface area (Å²) in [5.41, 5.74) is 6.39. The standard InChI is InChI=1S/C16H18BrClN2/c1-10(2)11-3-5-12(6-4-11)16(20-19)13-7-8-15(18)14(17)9-13/h3-10,16,20H,19H2,1-2H3. The van der Waals surface area contributed by atoms with Crippen LogP contribution in [-0.2, 0) is 0 Å². The first-order valence-electron chi connectivity index (χ1n) is 6.54. The van der Waals surface area contributed by atoms with Gasteiger partial charge in [0.25, 0.3) is 0 Å². The molecule has 0 saturated heterocycles.